The molecule has 0 aromatic heterocycles. The second-order valence-electron chi connectivity index (χ2n) is 13.3. The molecule has 3 atom stereocenters. The van der Waals surface area contributed by atoms with Gasteiger partial charge >= 0.3 is 7.82 Å². The van der Waals surface area contributed by atoms with Crippen molar-refractivity contribution in [3.8, 4) is 0 Å². The maximum Gasteiger partial charge on any atom is 0.472 e. The third kappa shape index (κ3) is 29.7. The molecule has 0 aliphatic rings. The molecule has 43 heavy (non-hydrogen) atoms. The lowest BCUT2D eigenvalue weighted by molar-refractivity contribution is -0.870. The second kappa shape index (κ2) is 27.5. The Labute approximate surface area is 265 Å². The molecule has 9 heteroatoms. The Hall–Kier alpha value is -0.760. The number of aliphatic hydroxyl groups excluding tert-OH is 1. The number of hydrogen-bond donors (Lipinski definition) is 3. The number of quaternary nitrogens is 1. The number of rotatable bonds is 31. The molecule has 0 radical (unpaired) electrons. The molecular formula is C34H70N2O6P+. The number of nitrogens with one attached hydrogen (secondary N) is 1. The minimum absolute atomic E-state index is 0.0626. The molecule has 0 rings (SSSR count). The van der Waals surface area contributed by atoms with E-state index in [0.717, 1.165) is 38.5 Å². The van der Waals surface area contributed by atoms with Gasteiger partial charge in [0.2, 0.25) is 5.91 Å². The van der Waals surface area contributed by atoms with Crippen molar-refractivity contribution in [2.45, 2.75) is 161 Å². The van der Waals surface area contributed by atoms with Gasteiger partial charge in [-0.2, -0.15) is 0 Å². The van der Waals surface area contributed by atoms with E-state index in [0.29, 0.717) is 17.4 Å². The van der Waals surface area contributed by atoms with Crippen molar-refractivity contribution in [3.05, 3.63) is 12.2 Å². The number of allylic oxidation sites excluding steroid dienone is 1. The van der Waals surface area contributed by atoms with Gasteiger partial charge in [0.1, 0.15) is 13.2 Å². The van der Waals surface area contributed by atoms with E-state index in [4.69, 9.17) is 9.05 Å². The Morgan fingerprint density at radius 2 is 1.23 bits per heavy atom. The third-order valence-corrected chi connectivity index (χ3v) is 8.74. The Bertz CT molecular complexity index is 728. The van der Waals surface area contributed by atoms with Gasteiger partial charge < -0.3 is 19.8 Å². The van der Waals surface area contributed by atoms with Crippen LogP contribution >= 0.6 is 7.82 Å². The zero-order valence-electron chi connectivity index (χ0n) is 28.7. The smallest absolute Gasteiger partial charge is 0.387 e. The molecule has 0 fully saturated rings. The molecule has 0 aromatic carbocycles. The van der Waals surface area contributed by atoms with E-state index in [-0.39, 0.29) is 19.1 Å². The van der Waals surface area contributed by atoms with Gasteiger partial charge in [-0.3, -0.25) is 13.8 Å². The number of unbranched alkanes of at least 4 members (excludes halogenated alkanes) is 18. The van der Waals surface area contributed by atoms with Gasteiger partial charge in [-0.25, -0.2) is 4.57 Å². The van der Waals surface area contributed by atoms with Gasteiger partial charge in [-0.05, 0) is 19.3 Å². The fourth-order valence-corrected chi connectivity index (χ4v) is 5.60. The molecule has 0 aromatic rings. The minimum atomic E-state index is -4.30. The Balaban J connectivity index is 4.24. The highest BCUT2D eigenvalue weighted by atomic mass is 31.2. The molecule has 8 nitrogen and oxygen atoms in total. The van der Waals surface area contributed by atoms with Crippen LogP contribution in [0.1, 0.15) is 149 Å². The van der Waals surface area contributed by atoms with E-state index in [1.165, 1.54) is 89.9 Å². The van der Waals surface area contributed by atoms with Crippen LogP contribution in [-0.4, -0.2) is 73.4 Å². The molecular weight excluding hydrogens is 563 g/mol. The van der Waals surface area contributed by atoms with Crippen LogP contribution in [0.2, 0.25) is 0 Å². The number of nitrogens with zero attached hydrogens (tertiary/aromatic N) is 1. The van der Waals surface area contributed by atoms with Crippen molar-refractivity contribution in [3.63, 3.8) is 0 Å². The number of carbonyl (C=O) groups is 1. The Morgan fingerprint density at radius 1 is 0.767 bits per heavy atom. The molecule has 3 unspecified atom stereocenters. The van der Waals surface area contributed by atoms with Crippen molar-refractivity contribution in [1.29, 1.82) is 0 Å². The quantitative estimate of drug-likeness (QED) is 0.0306. The van der Waals surface area contributed by atoms with E-state index < -0.39 is 20.0 Å². The topological polar surface area (TPSA) is 105 Å². The van der Waals surface area contributed by atoms with Gasteiger partial charge in [0, 0.05) is 6.42 Å². The predicted molar refractivity (Wildman–Crippen MR) is 180 cm³/mol. The van der Waals surface area contributed by atoms with Gasteiger partial charge in [0.05, 0.1) is 39.9 Å². The number of amides is 1. The third-order valence-electron chi connectivity index (χ3n) is 7.76. The molecule has 0 heterocycles. The highest BCUT2D eigenvalue weighted by Gasteiger charge is 2.27. The summed E-state index contributed by atoms with van der Waals surface area (Å²) >= 11 is 0. The molecule has 0 saturated carbocycles. The first kappa shape index (κ1) is 42.2. The van der Waals surface area contributed by atoms with Crippen molar-refractivity contribution in [2.24, 2.45) is 0 Å². The van der Waals surface area contributed by atoms with E-state index in [2.05, 4.69) is 19.2 Å². The second-order valence-corrected chi connectivity index (χ2v) is 14.7. The van der Waals surface area contributed by atoms with Crippen LogP contribution in [0.15, 0.2) is 12.2 Å². The van der Waals surface area contributed by atoms with Crippen LogP contribution in [0, 0.1) is 0 Å². The van der Waals surface area contributed by atoms with Crippen LogP contribution in [0.5, 0.6) is 0 Å². The first-order valence-electron chi connectivity index (χ1n) is 17.6. The summed E-state index contributed by atoms with van der Waals surface area (Å²) in [4.78, 5) is 22.5. The fourth-order valence-electron chi connectivity index (χ4n) is 4.86. The average molecular weight is 634 g/mol. The molecule has 3 N–H and O–H groups in total. The highest BCUT2D eigenvalue weighted by Crippen LogP contribution is 2.43. The number of carbonyl (C=O) groups excluding carboxylic acids is 1. The van der Waals surface area contributed by atoms with Crippen LogP contribution in [0.4, 0.5) is 0 Å². The number of hydrogen-bond acceptors (Lipinski definition) is 5. The molecule has 1 amide bonds. The van der Waals surface area contributed by atoms with Crippen molar-refractivity contribution in [1.82, 2.24) is 5.32 Å². The van der Waals surface area contributed by atoms with Crippen molar-refractivity contribution < 1.29 is 32.9 Å². The number of likely N-dealkylation sites (N-methyl/N-ethyl adjacent to an activating group) is 1. The standard InChI is InChI=1S/C34H69N2O6P/c1-6-8-10-11-12-13-14-15-16-17-18-19-20-21-22-23-24-26-27-33(37)32(35-34(38)28-25-9-7-2)31-42-43(39,40)41-30-29-36(3,4)5/h26-27,32-33,37H,6-25,28-31H2,1-5H3,(H-,35,38,39,40)/p+1/b27-26+. The Kier molecular flexibility index (Phi) is 27.1. The molecule has 0 aliphatic carbocycles. The lowest BCUT2D eigenvalue weighted by Crippen LogP contribution is -2.45. The molecule has 0 saturated heterocycles. The van der Waals surface area contributed by atoms with E-state index >= 15 is 0 Å². The van der Waals surface area contributed by atoms with Crippen LogP contribution in [-0.2, 0) is 18.4 Å². The summed E-state index contributed by atoms with van der Waals surface area (Å²) in [6.07, 6.45) is 27.8. The lowest BCUT2D eigenvalue weighted by atomic mass is 10.0. The monoisotopic (exact) mass is 633 g/mol. The molecule has 256 valence electrons. The zero-order chi connectivity index (χ0) is 32.2. The summed E-state index contributed by atoms with van der Waals surface area (Å²) in [6.45, 7) is 4.62. The lowest BCUT2D eigenvalue weighted by Gasteiger charge is -2.25. The zero-order valence-corrected chi connectivity index (χ0v) is 29.6. The normalized spacial score (nSPS) is 15.0. The number of aliphatic hydroxyl groups is 1. The maximum atomic E-state index is 12.4. The summed E-state index contributed by atoms with van der Waals surface area (Å²) in [5.41, 5.74) is 0. The van der Waals surface area contributed by atoms with Crippen LogP contribution < -0.4 is 5.32 Å². The van der Waals surface area contributed by atoms with Gasteiger partial charge in [0.15, 0.2) is 0 Å². The first-order chi connectivity index (χ1) is 20.5. The SMILES string of the molecule is CCCCCCCCCCCCCCCCCC/C=C/C(O)C(COP(=O)(O)OCC[N+](C)(C)C)NC(=O)CCCCC. The van der Waals surface area contributed by atoms with E-state index in [9.17, 15) is 19.4 Å². The predicted octanol–water partition coefficient (Wildman–Crippen LogP) is 8.46. The summed E-state index contributed by atoms with van der Waals surface area (Å²) in [5, 5.41) is 13.5. The number of phosphoric acid groups is 1. The van der Waals surface area contributed by atoms with Crippen LogP contribution in [0.3, 0.4) is 0 Å². The summed E-state index contributed by atoms with van der Waals surface area (Å²) < 4.78 is 23.2. The van der Waals surface area contributed by atoms with Crippen LogP contribution in [0.25, 0.3) is 0 Å². The number of phosphoric ester groups is 1. The minimum Gasteiger partial charge on any atom is -0.387 e. The maximum absolute atomic E-state index is 12.4. The largest absolute Gasteiger partial charge is 0.472 e. The Morgan fingerprint density at radius 3 is 1.72 bits per heavy atom. The van der Waals surface area contributed by atoms with Gasteiger partial charge in [0.25, 0.3) is 0 Å². The summed E-state index contributed by atoms with van der Waals surface area (Å²) in [5.74, 6) is -0.203. The summed E-state index contributed by atoms with van der Waals surface area (Å²) in [6, 6.07) is -0.835. The van der Waals surface area contributed by atoms with Gasteiger partial charge in [-0.1, -0.05) is 135 Å². The summed E-state index contributed by atoms with van der Waals surface area (Å²) in [7, 11) is 1.57. The van der Waals surface area contributed by atoms with Gasteiger partial charge in [-0.15, -0.1) is 0 Å². The highest BCUT2D eigenvalue weighted by molar-refractivity contribution is 7.47. The van der Waals surface area contributed by atoms with E-state index in [1.54, 1.807) is 6.08 Å². The average Bonchev–Trinajstić information content (AvgIpc) is 2.93. The molecule has 0 bridgehead atoms. The molecule has 0 spiro atoms. The fraction of sp³-hybridized carbons (Fsp3) is 0.912. The van der Waals surface area contributed by atoms with Crippen molar-refractivity contribution >= 4 is 13.7 Å². The first-order valence-corrected chi connectivity index (χ1v) is 19.1. The van der Waals surface area contributed by atoms with E-state index in [1.807, 2.05) is 27.2 Å². The van der Waals surface area contributed by atoms with Crippen molar-refractivity contribution in [2.75, 3.05) is 40.9 Å². The molecule has 0 aliphatic heterocycles.